The normalized spacial score (nSPS) is 26.9. The van der Waals surface area contributed by atoms with Gasteiger partial charge in [0.1, 0.15) is 29.8 Å². The van der Waals surface area contributed by atoms with Crippen LogP contribution in [0.3, 0.4) is 0 Å². The van der Waals surface area contributed by atoms with Crippen molar-refractivity contribution in [1.29, 1.82) is 0 Å². The second kappa shape index (κ2) is 8.65. The number of carbonyl (C=O) groups is 1. The number of nitrogens with two attached hydrogens (primary N) is 1. The number of hydrogen-bond acceptors (Lipinski definition) is 7. The summed E-state index contributed by atoms with van der Waals surface area (Å²) < 4.78 is 68.5. The first kappa shape index (κ1) is 23.3. The Morgan fingerprint density at radius 2 is 2.03 bits per heavy atom. The van der Waals surface area contributed by atoms with Gasteiger partial charge in [0.05, 0.1) is 19.0 Å². The van der Waals surface area contributed by atoms with E-state index in [4.69, 9.17) is 15.2 Å². The van der Waals surface area contributed by atoms with E-state index in [0.717, 1.165) is 18.9 Å². The lowest BCUT2D eigenvalue weighted by atomic mass is 9.76. The molecule has 3 atom stereocenters. The average Bonchev–Trinajstić information content (AvgIpc) is 3.59. The summed E-state index contributed by atoms with van der Waals surface area (Å²) in [4.78, 5) is 24.7. The van der Waals surface area contributed by atoms with E-state index in [1.807, 2.05) is 0 Å². The van der Waals surface area contributed by atoms with Crippen LogP contribution in [0.4, 0.5) is 23.2 Å². The van der Waals surface area contributed by atoms with E-state index in [1.54, 1.807) is 0 Å². The number of fused-ring (bicyclic) bond motifs is 1. The number of nitrogens with one attached hydrogen (secondary N) is 1. The van der Waals surface area contributed by atoms with Crippen LogP contribution in [-0.4, -0.2) is 47.2 Å². The van der Waals surface area contributed by atoms with Gasteiger partial charge in [0, 0.05) is 30.0 Å². The molecule has 2 saturated carbocycles. The SMILES string of the molecule is NC1=NC(CF)(c2cc(NC(=O)c3cnc(OCC4CC4)cn3)ccc2F)C2CC(F)(F)C[C@@H]2O1. The molecule has 1 amide bonds. The van der Waals surface area contributed by atoms with Gasteiger partial charge in [-0.3, -0.25) is 4.79 Å². The zero-order chi connectivity index (χ0) is 24.8. The minimum atomic E-state index is -3.13. The van der Waals surface area contributed by atoms with E-state index >= 15 is 0 Å². The first-order valence-electron chi connectivity index (χ1n) is 11.2. The summed E-state index contributed by atoms with van der Waals surface area (Å²) >= 11 is 0. The number of rotatable bonds is 7. The number of halogens is 4. The summed E-state index contributed by atoms with van der Waals surface area (Å²) in [6.07, 6.45) is 2.27. The molecule has 5 rings (SSSR count). The van der Waals surface area contributed by atoms with Crippen LogP contribution < -0.4 is 15.8 Å². The minimum absolute atomic E-state index is 0.0290. The molecular formula is C23H23F4N5O3. The molecular weight excluding hydrogens is 470 g/mol. The standard InChI is InChI=1S/C23H23F4N5O3/c24-11-23(15-6-22(26,27)7-18(15)35-21(28)32-23)14-5-13(3-4-16(14)25)31-20(33)17-8-30-19(9-29-17)34-10-12-1-2-12/h3-5,8-9,12,15,18H,1-2,6-7,10-11H2,(H2,28,32)(H,31,33)/t15?,18-,23?/m0/s1. The Morgan fingerprint density at radius 3 is 2.71 bits per heavy atom. The summed E-state index contributed by atoms with van der Waals surface area (Å²) in [6, 6.07) is 2.94. The zero-order valence-electron chi connectivity index (χ0n) is 18.5. The molecule has 2 heterocycles. The highest BCUT2D eigenvalue weighted by molar-refractivity contribution is 6.02. The number of alkyl halides is 3. The lowest BCUT2D eigenvalue weighted by Gasteiger charge is -2.40. The van der Waals surface area contributed by atoms with Crippen LogP contribution in [0.15, 0.2) is 35.6 Å². The number of carbonyl (C=O) groups excluding carboxylic acids is 1. The molecule has 1 aromatic carbocycles. The predicted octanol–water partition coefficient (Wildman–Crippen LogP) is 3.58. The van der Waals surface area contributed by atoms with Crippen LogP contribution in [0.5, 0.6) is 5.88 Å². The molecule has 0 bridgehead atoms. The van der Waals surface area contributed by atoms with Crippen molar-refractivity contribution < 1.29 is 31.8 Å². The van der Waals surface area contributed by atoms with Crippen LogP contribution in [0, 0.1) is 17.7 Å². The Hall–Kier alpha value is -3.44. The second-order valence-corrected chi connectivity index (χ2v) is 9.18. The van der Waals surface area contributed by atoms with Gasteiger partial charge >= 0.3 is 0 Å². The Balaban J connectivity index is 1.39. The highest BCUT2D eigenvalue weighted by atomic mass is 19.3. The molecule has 12 heteroatoms. The molecule has 2 unspecified atom stereocenters. The molecule has 0 spiro atoms. The Bertz CT molecular complexity index is 1160. The summed E-state index contributed by atoms with van der Waals surface area (Å²) in [5.74, 6) is -4.99. The molecule has 3 N–H and O–H groups in total. The van der Waals surface area contributed by atoms with Crippen molar-refractivity contribution in [3.8, 4) is 5.88 Å². The number of aliphatic imine (C=N–C) groups is 1. The van der Waals surface area contributed by atoms with Gasteiger partial charge in [-0.25, -0.2) is 32.5 Å². The van der Waals surface area contributed by atoms with Crippen molar-refractivity contribution in [1.82, 2.24) is 9.97 Å². The van der Waals surface area contributed by atoms with Gasteiger partial charge in [-0.15, -0.1) is 0 Å². The van der Waals surface area contributed by atoms with Crippen molar-refractivity contribution >= 4 is 17.6 Å². The van der Waals surface area contributed by atoms with Crippen LogP contribution in [0.2, 0.25) is 0 Å². The minimum Gasteiger partial charge on any atom is -0.476 e. The molecule has 2 aliphatic carbocycles. The van der Waals surface area contributed by atoms with E-state index in [1.165, 1.54) is 24.5 Å². The number of anilines is 1. The van der Waals surface area contributed by atoms with Crippen molar-refractivity contribution in [2.24, 2.45) is 22.6 Å². The Morgan fingerprint density at radius 1 is 1.23 bits per heavy atom. The summed E-state index contributed by atoms with van der Waals surface area (Å²) in [6.45, 7) is -0.739. The summed E-state index contributed by atoms with van der Waals surface area (Å²) in [7, 11) is 0. The molecule has 3 aliphatic rings. The third-order valence-electron chi connectivity index (χ3n) is 6.58. The van der Waals surface area contributed by atoms with E-state index in [2.05, 4.69) is 20.3 Å². The molecule has 1 aliphatic heterocycles. The maximum atomic E-state index is 14.9. The number of hydrogen-bond donors (Lipinski definition) is 2. The molecule has 186 valence electrons. The third-order valence-corrected chi connectivity index (χ3v) is 6.58. The smallest absolute Gasteiger partial charge is 0.283 e. The van der Waals surface area contributed by atoms with Gasteiger partial charge in [0.2, 0.25) is 5.88 Å². The van der Waals surface area contributed by atoms with E-state index < -0.39 is 60.7 Å². The van der Waals surface area contributed by atoms with Gasteiger partial charge in [-0.2, -0.15) is 0 Å². The quantitative estimate of drug-likeness (QED) is 0.571. The Labute approximate surface area is 197 Å². The second-order valence-electron chi connectivity index (χ2n) is 9.18. The van der Waals surface area contributed by atoms with Gasteiger partial charge in [-0.05, 0) is 37.0 Å². The van der Waals surface area contributed by atoms with Gasteiger partial charge in [0.15, 0.2) is 0 Å². The van der Waals surface area contributed by atoms with Crippen LogP contribution in [0.1, 0.15) is 41.7 Å². The van der Waals surface area contributed by atoms with Gasteiger partial charge in [-0.1, -0.05) is 0 Å². The van der Waals surface area contributed by atoms with Crippen molar-refractivity contribution in [2.45, 2.75) is 43.2 Å². The molecule has 2 aromatic rings. The largest absolute Gasteiger partial charge is 0.476 e. The molecule has 1 aromatic heterocycles. The predicted molar refractivity (Wildman–Crippen MR) is 116 cm³/mol. The highest BCUT2D eigenvalue weighted by Crippen LogP contribution is 2.53. The third kappa shape index (κ3) is 4.61. The van der Waals surface area contributed by atoms with Crippen LogP contribution >= 0.6 is 0 Å². The van der Waals surface area contributed by atoms with Crippen LogP contribution in [0.25, 0.3) is 0 Å². The first-order valence-corrected chi connectivity index (χ1v) is 11.2. The fourth-order valence-corrected chi connectivity index (χ4v) is 4.62. The number of ether oxygens (including phenoxy) is 2. The van der Waals surface area contributed by atoms with Crippen molar-refractivity contribution in [3.05, 3.63) is 47.7 Å². The summed E-state index contributed by atoms with van der Waals surface area (Å²) in [5, 5.41) is 2.54. The summed E-state index contributed by atoms with van der Waals surface area (Å²) in [5.41, 5.74) is 3.41. The fourth-order valence-electron chi connectivity index (χ4n) is 4.62. The topological polar surface area (TPSA) is 112 Å². The number of aromatic nitrogens is 2. The number of amides is 1. The monoisotopic (exact) mass is 493 g/mol. The van der Waals surface area contributed by atoms with E-state index in [-0.39, 0.29) is 16.9 Å². The molecule has 0 radical (unpaired) electrons. The van der Waals surface area contributed by atoms with Crippen LogP contribution in [-0.2, 0) is 10.3 Å². The molecule has 8 nitrogen and oxygen atoms in total. The average molecular weight is 493 g/mol. The zero-order valence-corrected chi connectivity index (χ0v) is 18.5. The molecule has 2 fully saturated rings. The van der Waals surface area contributed by atoms with Crippen molar-refractivity contribution in [3.63, 3.8) is 0 Å². The number of benzene rings is 1. The van der Waals surface area contributed by atoms with E-state index in [9.17, 15) is 22.4 Å². The maximum Gasteiger partial charge on any atom is 0.283 e. The first-order chi connectivity index (χ1) is 16.7. The lowest BCUT2D eigenvalue weighted by molar-refractivity contribution is -0.00299. The van der Waals surface area contributed by atoms with Gasteiger partial charge < -0.3 is 20.5 Å². The number of amidine groups is 1. The van der Waals surface area contributed by atoms with Gasteiger partial charge in [0.25, 0.3) is 17.9 Å². The Kier molecular flexibility index (Phi) is 5.76. The molecule has 35 heavy (non-hydrogen) atoms. The fraction of sp³-hybridized carbons (Fsp3) is 0.478. The van der Waals surface area contributed by atoms with E-state index in [0.29, 0.717) is 18.4 Å². The lowest BCUT2D eigenvalue weighted by Crippen LogP contribution is -2.48. The highest BCUT2D eigenvalue weighted by Gasteiger charge is 2.60. The van der Waals surface area contributed by atoms with Crippen molar-refractivity contribution in [2.75, 3.05) is 18.6 Å². The molecule has 0 saturated heterocycles. The maximum absolute atomic E-state index is 14.9. The number of nitrogens with zero attached hydrogens (tertiary/aromatic N) is 3.